The van der Waals surface area contributed by atoms with Crippen molar-refractivity contribution in [3.63, 3.8) is 0 Å². The molecule has 80 valence electrons. The van der Waals surface area contributed by atoms with E-state index in [2.05, 4.69) is 13.8 Å². The summed E-state index contributed by atoms with van der Waals surface area (Å²) in [5.41, 5.74) is -0.815. The number of esters is 1. The number of hydrogen-bond donors (Lipinski definition) is 0. The molecule has 0 aromatic rings. The van der Waals surface area contributed by atoms with E-state index in [0.29, 0.717) is 25.4 Å². The van der Waals surface area contributed by atoms with Gasteiger partial charge in [-0.05, 0) is 25.7 Å². The Morgan fingerprint density at radius 1 is 1.57 bits per heavy atom. The van der Waals surface area contributed by atoms with E-state index in [4.69, 9.17) is 4.74 Å². The van der Waals surface area contributed by atoms with E-state index in [1.54, 1.807) is 0 Å². The first-order valence-corrected chi connectivity index (χ1v) is 5.17. The Morgan fingerprint density at radius 3 is 2.57 bits per heavy atom. The lowest BCUT2D eigenvalue weighted by atomic mass is 9.77. The number of Topliss-reactive ketones (excluding diaryl/α,β-unsaturated/α-hetero) is 1. The average molecular weight is 198 g/mol. The SMILES string of the molecule is CC(=O)C1(CCC(C)C)CCOC1=O. The van der Waals surface area contributed by atoms with E-state index in [9.17, 15) is 9.59 Å². The molecule has 1 rings (SSSR count). The second-order valence-corrected chi connectivity index (χ2v) is 4.46. The number of hydrogen-bond acceptors (Lipinski definition) is 3. The summed E-state index contributed by atoms with van der Waals surface area (Å²) in [5.74, 6) is 0.158. The van der Waals surface area contributed by atoms with Crippen LogP contribution >= 0.6 is 0 Å². The van der Waals surface area contributed by atoms with Crippen molar-refractivity contribution in [3.8, 4) is 0 Å². The minimum atomic E-state index is -0.815. The van der Waals surface area contributed by atoms with Crippen LogP contribution in [0.2, 0.25) is 0 Å². The highest BCUT2D eigenvalue weighted by Crippen LogP contribution is 2.36. The molecular weight excluding hydrogens is 180 g/mol. The maximum Gasteiger partial charge on any atom is 0.319 e. The standard InChI is InChI=1S/C11H18O3/c1-8(2)4-5-11(9(3)12)6-7-14-10(11)13/h8H,4-7H2,1-3H3. The van der Waals surface area contributed by atoms with Crippen molar-refractivity contribution < 1.29 is 14.3 Å². The van der Waals surface area contributed by atoms with Crippen LogP contribution in [0, 0.1) is 11.3 Å². The quantitative estimate of drug-likeness (QED) is 0.512. The molecule has 1 atom stereocenters. The van der Waals surface area contributed by atoms with E-state index < -0.39 is 5.41 Å². The summed E-state index contributed by atoms with van der Waals surface area (Å²) in [5, 5.41) is 0. The van der Waals surface area contributed by atoms with Crippen molar-refractivity contribution >= 4 is 11.8 Å². The van der Waals surface area contributed by atoms with Crippen LogP contribution in [0.5, 0.6) is 0 Å². The average Bonchev–Trinajstić information content (AvgIpc) is 2.44. The van der Waals surface area contributed by atoms with Gasteiger partial charge in [-0.1, -0.05) is 13.8 Å². The molecule has 3 heteroatoms. The molecule has 0 aromatic carbocycles. The van der Waals surface area contributed by atoms with Crippen molar-refractivity contribution in [1.82, 2.24) is 0 Å². The molecule has 3 nitrogen and oxygen atoms in total. The van der Waals surface area contributed by atoms with Gasteiger partial charge in [-0.15, -0.1) is 0 Å². The first-order valence-electron chi connectivity index (χ1n) is 5.17. The molecule has 14 heavy (non-hydrogen) atoms. The topological polar surface area (TPSA) is 43.4 Å². The fourth-order valence-corrected chi connectivity index (χ4v) is 1.82. The van der Waals surface area contributed by atoms with E-state index >= 15 is 0 Å². The highest BCUT2D eigenvalue weighted by atomic mass is 16.5. The number of carbonyl (C=O) groups is 2. The van der Waals surface area contributed by atoms with Crippen LogP contribution in [0.1, 0.15) is 40.0 Å². The fourth-order valence-electron chi connectivity index (χ4n) is 1.82. The minimum Gasteiger partial charge on any atom is -0.465 e. The second kappa shape index (κ2) is 4.11. The van der Waals surface area contributed by atoms with Crippen molar-refractivity contribution in [2.24, 2.45) is 11.3 Å². The van der Waals surface area contributed by atoms with Gasteiger partial charge < -0.3 is 4.74 Å². The number of cyclic esters (lactones) is 1. The summed E-state index contributed by atoms with van der Waals surface area (Å²) in [6, 6.07) is 0. The van der Waals surface area contributed by atoms with E-state index in [-0.39, 0.29) is 11.8 Å². The number of rotatable bonds is 4. The Kier molecular flexibility index (Phi) is 3.29. The van der Waals surface area contributed by atoms with Crippen LogP contribution in [0.4, 0.5) is 0 Å². The largest absolute Gasteiger partial charge is 0.465 e. The molecule has 0 radical (unpaired) electrons. The summed E-state index contributed by atoms with van der Waals surface area (Å²) in [7, 11) is 0. The summed E-state index contributed by atoms with van der Waals surface area (Å²) >= 11 is 0. The second-order valence-electron chi connectivity index (χ2n) is 4.46. The third-order valence-electron chi connectivity index (χ3n) is 2.98. The molecule has 1 unspecified atom stereocenters. The monoisotopic (exact) mass is 198 g/mol. The lowest BCUT2D eigenvalue weighted by molar-refractivity contribution is -0.151. The molecule has 0 aromatic heterocycles. The summed E-state index contributed by atoms with van der Waals surface area (Å²) < 4.78 is 4.90. The molecule has 1 fully saturated rings. The zero-order valence-corrected chi connectivity index (χ0v) is 9.13. The third kappa shape index (κ3) is 1.97. The van der Waals surface area contributed by atoms with Gasteiger partial charge in [-0.25, -0.2) is 0 Å². The zero-order valence-electron chi connectivity index (χ0n) is 9.13. The van der Waals surface area contributed by atoms with Crippen LogP contribution in [-0.2, 0) is 14.3 Å². The van der Waals surface area contributed by atoms with Gasteiger partial charge in [0.25, 0.3) is 0 Å². The Labute approximate surface area is 84.8 Å². The Morgan fingerprint density at radius 2 is 2.21 bits per heavy atom. The number of ketones is 1. The molecule has 1 heterocycles. The molecule has 0 saturated carbocycles. The van der Waals surface area contributed by atoms with Crippen molar-refractivity contribution in [3.05, 3.63) is 0 Å². The predicted octanol–water partition coefficient (Wildman–Crippen LogP) is 1.94. The van der Waals surface area contributed by atoms with Crippen molar-refractivity contribution in [2.75, 3.05) is 6.61 Å². The molecule has 0 bridgehead atoms. The van der Waals surface area contributed by atoms with E-state index in [1.807, 2.05) is 0 Å². The van der Waals surface area contributed by atoms with Gasteiger partial charge in [0.2, 0.25) is 0 Å². The van der Waals surface area contributed by atoms with Gasteiger partial charge in [0.15, 0.2) is 0 Å². The van der Waals surface area contributed by atoms with Crippen LogP contribution in [-0.4, -0.2) is 18.4 Å². The smallest absolute Gasteiger partial charge is 0.319 e. The summed E-state index contributed by atoms with van der Waals surface area (Å²) in [4.78, 5) is 23.0. The first-order chi connectivity index (χ1) is 6.49. The lowest BCUT2D eigenvalue weighted by Gasteiger charge is -2.21. The third-order valence-corrected chi connectivity index (χ3v) is 2.98. The van der Waals surface area contributed by atoms with Crippen molar-refractivity contribution in [2.45, 2.75) is 40.0 Å². The van der Waals surface area contributed by atoms with Crippen LogP contribution in [0.15, 0.2) is 0 Å². The highest BCUT2D eigenvalue weighted by Gasteiger charge is 2.48. The zero-order chi connectivity index (χ0) is 10.8. The van der Waals surface area contributed by atoms with Crippen molar-refractivity contribution in [1.29, 1.82) is 0 Å². The molecule has 0 spiro atoms. The van der Waals surface area contributed by atoms with Gasteiger partial charge in [0, 0.05) is 6.42 Å². The van der Waals surface area contributed by atoms with E-state index in [1.165, 1.54) is 6.92 Å². The Balaban J connectivity index is 2.72. The Bertz CT molecular complexity index is 245. The van der Waals surface area contributed by atoms with Gasteiger partial charge in [0.05, 0.1) is 6.61 Å². The van der Waals surface area contributed by atoms with Crippen LogP contribution in [0.25, 0.3) is 0 Å². The number of ether oxygens (including phenoxy) is 1. The highest BCUT2D eigenvalue weighted by molar-refractivity contribution is 6.03. The summed E-state index contributed by atoms with van der Waals surface area (Å²) in [6.07, 6.45) is 2.10. The number of carbonyl (C=O) groups excluding carboxylic acids is 2. The van der Waals surface area contributed by atoms with Gasteiger partial charge in [-0.2, -0.15) is 0 Å². The predicted molar refractivity (Wildman–Crippen MR) is 52.8 cm³/mol. The molecule has 0 aliphatic carbocycles. The lowest BCUT2D eigenvalue weighted by Crippen LogP contribution is -2.34. The maximum absolute atomic E-state index is 11.5. The van der Waals surface area contributed by atoms with Crippen LogP contribution in [0.3, 0.4) is 0 Å². The molecule has 1 saturated heterocycles. The molecular formula is C11H18O3. The van der Waals surface area contributed by atoms with Gasteiger partial charge in [0.1, 0.15) is 11.2 Å². The molecule has 0 N–H and O–H groups in total. The van der Waals surface area contributed by atoms with E-state index in [0.717, 1.165) is 6.42 Å². The minimum absolute atomic E-state index is 0.0411. The normalized spacial score (nSPS) is 26.7. The van der Waals surface area contributed by atoms with Gasteiger partial charge in [-0.3, -0.25) is 9.59 Å². The molecule has 0 amide bonds. The van der Waals surface area contributed by atoms with Gasteiger partial charge >= 0.3 is 5.97 Å². The Hall–Kier alpha value is -0.860. The summed E-state index contributed by atoms with van der Waals surface area (Å²) in [6.45, 7) is 6.08. The first kappa shape index (κ1) is 11.2. The molecule has 1 aliphatic rings. The molecule has 1 aliphatic heterocycles. The fraction of sp³-hybridized carbons (Fsp3) is 0.818. The van der Waals surface area contributed by atoms with Crippen LogP contribution < -0.4 is 0 Å². The maximum atomic E-state index is 11.5.